The molecule has 1 aromatic heterocycles. The van der Waals surface area contributed by atoms with E-state index in [-0.39, 0.29) is 11.1 Å². The van der Waals surface area contributed by atoms with Crippen molar-refractivity contribution in [3.8, 4) is 6.07 Å². The maximum absolute atomic E-state index is 11.5. The van der Waals surface area contributed by atoms with Gasteiger partial charge < -0.3 is 4.98 Å². The fourth-order valence-corrected chi connectivity index (χ4v) is 2.73. The second kappa shape index (κ2) is 3.50. The van der Waals surface area contributed by atoms with Crippen molar-refractivity contribution in [3.63, 3.8) is 0 Å². The van der Waals surface area contributed by atoms with Crippen LogP contribution in [-0.2, 0) is 12.8 Å². The lowest BCUT2D eigenvalue weighted by Crippen LogP contribution is -2.14. The van der Waals surface area contributed by atoms with Gasteiger partial charge >= 0.3 is 0 Å². The van der Waals surface area contributed by atoms with E-state index in [1.165, 1.54) is 17.3 Å². The van der Waals surface area contributed by atoms with Crippen molar-refractivity contribution in [1.29, 1.82) is 5.26 Å². The van der Waals surface area contributed by atoms with Gasteiger partial charge in [-0.3, -0.25) is 4.79 Å². The van der Waals surface area contributed by atoms with Crippen LogP contribution < -0.4 is 5.56 Å². The number of hydrogen-bond donors (Lipinski definition) is 1. The molecule has 1 aromatic rings. The lowest BCUT2D eigenvalue weighted by atomic mass is 10.1. The lowest BCUT2D eigenvalue weighted by molar-refractivity contribution is 0.895. The summed E-state index contributed by atoms with van der Waals surface area (Å²) in [6, 6.07) is 1.98. The molecule has 0 saturated heterocycles. The molecule has 0 amide bonds. The molecule has 0 spiro atoms. The maximum atomic E-state index is 11.5. The number of H-pyrrole nitrogens is 1. The summed E-state index contributed by atoms with van der Waals surface area (Å²) in [6.07, 6.45) is 4.91. The first-order valence-corrected chi connectivity index (χ1v) is 5.72. The summed E-state index contributed by atoms with van der Waals surface area (Å²) in [5, 5.41) is 8.88. The second-order valence-electron chi connectivity index (χ2n) is 3.28. The van der Waals surface area contributed by atoms with Gasteiger partial charge in [-0.2, -0.15) is 5.26 Å². The zero-order valence-electron chi connectivity index (χ0n) is 7.89. The molecule has 0 radical (unpaired) electrons. The molecule has 1 aliphatic rings. The van der Waals surface area contributed by atoms with E-state index in [1.54, 1.807) is 0 Å². The zero-order chi connectivity index (χ0) is 10.1. The van der Waals surface area contributed by atoms with E-state index in [0.717, 1.165) is 29.9 Å². The Hall–Kier alpha value is -1.21. The second-order valence-corrected chi connectivity index (χ2v) is 4.10. The molecule has 0 aliphatic heterocycles. The molecular formula is C10H10N2OS. The highest BCUT2D eigenvalue weighted by Crippen LogP contribution is 2.30. The summed E-state index contributed by atoms with van der Waals surface area (Å²) < 4.78 is 0. The Kier molecular flexibility index (Phi) is 2.34. The smallest absolute Gasteiger partial charge is 0.267 e. The van der Waals surface area contributed by atoms with Crippen LogP contribution in [0.15, 0.2) is 9.69 Å². The van der Waals surface area contributed by atoms with Crippen LogP contribution in [0.2, 0.25) is 0 Å². The largest absolute Gasteiger partial charge is 0.325 e. The molecule has 0 unspecified atom stereocenters. The van der Waals surface area contributed by atoms with Gasteiger partial charge in [0.2, 0.25) is 0 Å². The molecule has 14 heavy (non-hydrogen) atoms. The van der Waals surface area contributed by atoms with Gasteiger partial charge in [0.15, 0.2) is 0 Å². The minimum atomic E-state index is -0.238. The van der Waals surface area contributed by atoms with Crippen LogP contribution in [-0.4, -0.2) is 11.2 Å². The highest BCUT2D eigenvalue weighted by Gasteiger charge is 2.20. The number of thioether (sulfide) groups is 1. The third-order valence-corrected chi connectivity index (χ3v) is 3.39. The molecule has 0 saturated carbocycles. The Morgan fingerprint density at radius 1 is 1.50 bits per heavy atom. The van der Waals surface area contributed by atoms with Crippen molar-refractivity contribution in [1.82, 2.24) is 4.98 Å². The van der Waals surface area contributed by atoms with Crippen molar-refractivity contribution in [2.75, 3.05) is 6.26 Å². The minimum absolute atomic E-state index is 0.238. The van der Waals surface area contributed by atoms with E-state index >= 15 is 0 Å². The number of nitrogens with zero attached hydrogens (tertiary/aromatic N) is 1. The minimum Gasteiger partial charge on any atom is -0.325 e. The van der Waals surface area contributed by atoms with E-state index in [1.807, 2.05) is 12.3 Å². The summed E-state index contributed by atoms with van der Waals surface area (Å²) in [5.74, 6) is 0. The number of nitrogens with one attached hydrogen (secondary N) is 1. The Labute approximate surface area is 86.1 Å². The number of hydrogen-bond acceptors (Lipinski definition) is 3. The van der Waals surface area contributed by atoms with E-state index in [2.05, 4.69) is 4.98 Å². The first-order chi connectivity index (χ1) is 6.77. The number of nitriles is 1. The van der Waals surface area contributed by atoms with E-state index in [0.29, 0.717) is 0 Å². The number of pyridine rings is 1. The molecule has 3 nitrogen and oxygen atoms in total. The molecule has 0 fully saturated rings. The third kappa shape index (κ3) is 1.25. The van der Waals surface area contributed by atoms with Gasteiger partial charge in [0.1, 0.15) is 11.6 Å². The lowest BCUT2D eigenvalue weighted by Gasteiger charge is -2.06. The number of aryl methyl sites for hydroxylation is 1. The molecule has 2 rings (SSSR count). The highest BCUT2D eigenvalue weighted by molar-refractivity contribution is 7.98. The predicted molar refractivity (Wildman–Crippen MR) is 55.6 cm³/mol. The fourth-order valence-electron chi connectivity index (χ4n) is 1.91. The maximum Gasteiger partial charge on any atom is 0.267 e. The van der Waals surface area contributed by atoms with E-state index in [4.69, 9.17) is 5.26 Å². The highest BCUT2D eigenvalue weighted by atomic mass is 32.2. The molecule has 1 aliphatic carbocycles. The summed E-state index contributed by atoms with van der Waals surface area (Å²) in [5.41, 5.74) is 2.24. The first kappa shape index (κ1) is 9.35. The Balaban J connectivity index is 2.77. The molecule has 1 N–H and O–H groups in total. The van der Waals surface area contributed by atoms with Crippen LogP contribution in [0.4, 0.5) is 0 Å². The molecule has 1 heterocycles. The van der Waals surface area contributed by atoms with Crippen molar-refractivity contribution in [3.05, 3.63) is 27.2 Å². The van der Waals surface area contributed by atoms with Crippen LogP contribution in [0.5, 0.6) is 0 Å². The molecule has 0 bridgehead atoms. The molecule has 4 heteroatoms. The van der Waals surface area contributed by atoms with Gasteiger partial charge in [-0.1, -0.05) is 0 Å². The third-order valence-electron chi connectivity index (χ3n) is 2.53. The van der Waals surface area contributed by atoms with Crippen molar-refractivity contribution in [2.45, 2.75) is 24.2 Å². The topological polar surface area (TPSA) is 56.6 Å². The molecular weight excluding hydrogens is 196 g/mol. The summed E-state index contributed by atoms with van der Waals surface area (Å²) in [7, 11) is 0. The monoisotopic (exact) mass is 206 g/mol. The van der Waals surface area contributed by atoms with E-state index < -0.39 is 0 Å². The molecule has 0 atom stereocenters. The van der Waals surface area contributed by atoms with Gasteiger partial charge in [0, 0.05) is 10.6 Å². The number of aromatic amines is 1. The van der Waals surface area contributed by atoms with Crippen LogP contribution in [0, 0.1) is 11.3 Å². The summed E-state index contributed by atoms with van der Waals surface area (Å²) in [4.78, 5) is 15.2. The Bertz CT molecular complexity index is 470. The number of rotatable bonds is 1. The Morgan fingerprint density at radius 3 is 2.93 bits per heavy atom. The standard InChI is InChI=1S/C10H10N2OS/c1-14-9-6-3-2-4-8(6)12-10(13)7(9)5-11/h2-4H2,1H3,(H,12,13). The normalized spacial score (nSPS) is 13.7. The van der Waals surface area contributed by atoms with Crippen molar-refractivity contribution in [2.24, 2.45) is 0 Å². The van der Waals surface area contributed by atoms with Crippen LogP contribution in [0.3, 0.4) is 0 Å². The SMILES string of the molecule is CSc1c2c([nH]c(=O)c1C#N)CCC2. The quantitative estimate of drug-likeness (QED) is 0.708. The van der Waals surface area contributed by atoms with Gasteiger partial charge in [-0.15, -0.1) is 11.8 Å². The first-order valence-electron chi connectivity index (χ1n) is 4.50. The van der Waals surface area contributed by atoms with Crippen LogP contribution >= 0.6 is 11.8 Å². The van der Waals surface area contributed by atoms with Gasteiger partial charge in [0.25, 0.3) is 5.56 Å². The van der Waals surface area contributed by atoms with Crippen molar-refractivity contribution < 1.29 is 0 Å². The average Bonchev–Trinajstić information content (AvgIpc) is 2.62. The summed E-state index contributed by atoms with van der Waals surface area (Å²) in [6.45, 7) is 0. The average molecular weight is 206 g/mol. The van der Waals surface area contributed by atoms with E-state index in [9.17, 15) is 4.79 Å². The fraction of sp³-hybridized carbons (Fsp3) is 0.400. The Morgan fingerprint density at radius 2 is 2.29 bits per heavy atom. The zero-order valence-corrected chi connectivity index (χ0v) is 8.70. The predicted octanol–water partition coefficient (Wildman–Crippen LogP) is 1.46. The molecule has 72 valence electrons. The summed E-state index contributed by atoms with van der Waals surface area (Å²) >= 11 is 1.50. The molecule has 0 aromatic carbocycles. The van der Waals surface area contributed by atoms with Gasteiger partial charge in [-0.05, 0) is 31.1 Å². The van der Waals surface area contributed by atoms with Gasteiger partial charge in [-0.25, -0.2) is 0 Å². The van der Waals surface area contributed by atoms with Crippen LogP contribution in [0.1, 0.15) is 23.2 Å². The van der Waals surface area contributed by atoms with Gasteiger partial charge in [0.05, 0.1) is 0 Å². The number of aromatic nitrogens is 1. The van der Waals surface area contributed by atoms with Crippen LogP contribution in [0.25, 0.3) is 0 Å². The van der Waals surface area contributed by atoms with Crippen molar-refractivity contribution >= 4 is 11.8 Å². The number of fused-ring (bicyclic) bond motifs is 1.